The van der Waals surface area contributed by atoms with Gasteiger partial charge in [0, 0.05) is 25.2 Å². The maximum atomic E-state index is 12.8. The number of aromatic nitrogens is 3. The molecule has 2 aromatic rings. The van der Waals surface area contributed by atoms with Crippen molar-refractivity contribution < 1.29 is 4.79 Å². The minimum absolute atomic E-state index is 0.166. The normalized spacial score (nSPS) is 24.1. The molecular formula is C19H25N5O. The summed E-state index contributed by atoms with van der Waals surface area (Å²) in [5.41, 5.74) is 1.35. The summed E-state index contributed by atoms with van der Waals surface area (Å²) in [7, 11) is 0. The number of hydrogen-bond acceptors (Lipinski definition) is 4. The van der Waals surface area contributed by atoms with Gasteiger partial charge in [0.25, 0.3) is 0 Å². The lowest BCUT2D eigenvalue weighted by molar-refractivity contribution is -0.134. The Hall–Kier alpha value is -2.21. The average Bonchev–Trinajstić information content (AvgIpc) is 3.36. The zero-order valence-corrected chi connectivity index (χ0v) is 14.5. The van der Waals surface area contributed by atoms with E-state index in [0.717, 1.165) is 32.5 Å². The van der Waals surface area contributed by atoms with Crippen LogP contribution in [0.4, 0.5) is 0 Å². The third-order valence-electron chi connectivity index (χ3n) is 5.47. The van der Waals surface area contributed by atoms with Gasteiger partial charge in [0.05, 0.1) is 0 Å². The molecule has 25 heavy (non-hydrogen) atoms. The van der Waals surface area contributed by atoms with Crippen LogP contribution in [-0.4, -0.2) is 55.6 Å². The van der Waals surface area contributed by atoms with Crippen LogP contribution in [0.5, 0.6) is 0 Å². The van der Waals surface area contributed by atoms with Gasteiger partial charge in [-0.25, -0.2) is 9.67 Å². The first-order valence-electron chi connectivity index (χ1n) is 9.21. The fraction of sp³-hybridized carbons (Fsp3) is 0.526. The molecule has 2 aliphatic heterocycles. The van der Waals surface area contributed by atoms with Gasteiger partial charge in [-0.1, -0.05) is 30.3 Å². The molecule has 1 aromatic heterocycles. The molecule has 2 atom stereocenters. The van der Waals surface area contributed by atoms with E-state index in [1.807, 2.05) is 0 Å². The topological polar surface area (TPSA) is 54.3 Å². The molecule has 2 saturated heterocycles. The first-order chi connectivity index (χ1) is 12.3. The fourth-order valence-corrected chi connectivity index (χ4v) is 4.35. The first kappa shape index (κ1) is 16.3. The van der Waals surface area contributed by atoms with Gasteiger partial charge in [-0.15, -0.1) is 0 Å². The van der Waals surface area contributed by atoms with Gasteiger partial charge in [-0.3, -0.25) is 9.69 Å². The number of likely N-dealkylation sites (tertiary alicyclic amines) is 2. The smallest absolute Gasteiger partial charge is 0.244 e. The molecule has 0 radical (unpaired) electrons. The molecule has 0 unspecified atom stereocenters. The quantitative estimate of drug-likeness (QED) is 0.835. The van der Waals surface area contributed by atoms with E-state index in [1.165, 1.54) is 24.7 Å². The van der Waals surface area contributed by atoms with Crippen LogP contribution < -0.4 is 0 Å². The summed E-state index contributed by atoms with van der Waals surface area (Å²) < 4.78 is 1.62. The highest BCUT2D eigenvalue weighted by molar-refractivity contribution is 5.76. The van der Waals surface area contributed by atoms with Crippen molar-refractivity contribution in [3.05, 3.63) is 48.5 Å². The number of amides is 1. The van der Waals surface area contributed by atoms with Crippen LogP contribution in [0, 0.1) is 0 Å². The molecule has 0 saturated carbocycles. The van der Waals surface area contributed by atoms with Gasteiger partial charge < -0.3 is 4.90 Å². The van der Waals surface area contributed by atoms with Crippen LogP contribution in [0.25, 0.3) is 0 Å². The Bertz CT molecular complexity index is 687. The molecular weight excluding hydrogens is 314 g/mol. The summed E-state index contributed by atoms with van der Waals surface area (Å²) in [5, 5.41) is 4.07. The lowest BCUT2D eigenvalue weighted by atomic mass is 10.0. The molecule has 0 bridgehead atoms. The molecule has 6 nitrogen and oxygen atoms in total. The Kier molecular flexibility index (Phi) is 4.78. The molecule has 0 N–H and O–H groups in total. The number of rotatable bonds is 5. The number of hydrogen-bond donors (Lipinski definition) is 0. The summed E-state index contributed by atoms with van der Waals surface area (Å²) in [6.07, 6.45) is 7.71. The molecule has 1 amide bonds. The standard InChI is InChI=1S/C19H25N5O/c25-19(13-23-15-20-14-21-23)24-11-5-9-18(24)17-8-4-10-22(17)12-16-6-2-1-3-7-16/h1-3,6-7,14-15,17-18H,4-5,8-13H2/t17-,18-/m1/s1. The Labute approximate surface area is 148 Å². The molecule has 0 spiro atoms. The van der Waals surface area contributed by atoms with Crippen LogP contribution >= 0.6 is 0 Å². The van der Waals surface area contributed by atoms with Gasteiger partial charge in [-0.2, -0.15) is 5.10 Å². The lowest BCUT2D eigenvalue weighted by Crippen LogP contribution is -2.48. The van der Waals surface area contributed by atoms with Crippen molar-refractivity contribution in [3.63, 3.8) is 0 Å². The molecule has 4 rings (SSSR count). The summed E-state index contributed by atoms with van der Waals surface area (Å²) >= 11 is 0. The molecule has 3 heterocycles. The van der Waals surface area contributed by atoms with E-state index in [0.29, 0.717) is 18.6 Å². The van der Waals surface area contributed by atoms with E-state index in [2.05, 4.69) is 50.2 Å². The predicted octanol–water partition coefficient (Wildman–Crippen LogP) is 1.93. The Morgan fingerprint density at radius 3 is 2.68 bits per heavy atom. The SMILES string of the molecule is O=C(Cn1cncn1)N1CCC[C@@H]1[C@H]1CCCN1Cc1ccccc1. The monoisotopic (exact) mass is 339 g/mol. The van der Waals surface area contributed by atoms with Crippen LogP contribution in [-0.2, 0) is 17.9 Å². The van der Waals surface area contributed by atoms with Gasteiger partial charge in [-0.05, 0) is 37.8 Å². The van der Waals surface area contributed by atoms with Crippen molar-refractivity contribution >= 4 is 5.91 Å². The highest BCUT2D eigenvalue weighted by Gasteiger charge is 2.39. The van der Waals surface area contributed by atoms with Crippen molar-refractivity contribution in [2.75, 3.05) is 13.1 Å². The molecule has 132 valence electrons. The van der Waals surface area contributed by atoms with E-state index in [9.17, 15) is 4.79 Å². The lowest BCUT2D eigenvalue weighted by Gasteiger charge is -2.35. The maximum absolute atomic E-state index is 12.8. The molecule has 0 aliphatic carbocycles. The van der Waals surface area contributed by atoms with Crippen molar-refractivity contribution in [2.24, 2.45) is 0 Å². The van der Waals surface area contributed by atoms with Crippen molar-refractivity contribution in [1.82, 2.24) is 24.6 Å². The van der Waals surface area contributed by atoms with E-state index in [4.69, 9.17) is 0 Å². The minimum atomic E-state index is 0.166. The van der Waals surface area contributed by atoms with E-state index in [1.54, 1.807) is 11.0 Å². The largest absolute Gasteiger partial charge is 0.337 e. The van der Waals surface area contributed by atoms with Gasteiger partial charge in [0.2, 0.25) is 5.91 Å². The van der Waals surface area contributed by atoms with Gasteiger partial charge in [0.15, 0.2) is 0 Å². The summed E-state index contributed by atoms with van der Waals surface area (Å²) in [6.45, 7) is 3.27. The van der Waals surface area contributed by atoms with Crippen molar-refractivity contribution in [3.8, 4) is 0 Å². The maximum Gasteiger partial charge on any atom is 0.244 e. The molecule has 1 aromatic carbocycles. The summed E-state index contributed by atoms with van der Waals surface area (Å²) in [4.78, 5) is 21.4. The number of carbonyl (C=O) groups excluding carboxylic acids is 1. The number of nitrogens with zero attached hydrogens (tertiary/aromatic N) is 5. The Morgan fingerprint density at radius 1 is 1.08 bits per heavy atom. The highest BCUT2D eigenvalue weighted by Crippen LogP contribution is 2.31. The molecule has 2 aliphatic rings. The summed E-state index contributed by atoms with van der Waals surface area (Å²) in [5.74, 6) is 0.166. The Morgan fingerprint density at radius 2 is 1.88 bits per heavy atom. The fourth-order valence-electron chi connectivity index (χ4n) is 4.35. The van der Waals surface area contributed by atoms with Crippen LogP contribution in [0.2, 0.25) is 0 Å². The Balaban J connectivity index is 1.44. The first-order valence-corrected chi connectivity index (χ1v) is 9.21. The second-order valence-electron chi connectivity index (χ2n) is 7.06. The van der Waals surface area contributed by atoms with Crippen molar-refractivity contribution in [1.29, 1.82) is 0 Å². The van der Waals surface area contributed by atoms with Crippen LogP contribution in [0.3, 0.4) is 0 Å². The van der Waals surface area contributed by atoms with Crippen LogP contribution in [0.1, 0.15) is 31.2 Å². The third kappa shape index (κ3) is 3.58. The number of benzene rings is 1. The number of carbonyl (C=O) groups is 1. The van der Waals surface area contributed by atoms with E-state index in [-0.39, 0.29) is 5.91 Å². The zero-order chi connectivity index (χ0) is 17.1. The molecule has 6 heteroatoms. The third-order valence-corrected chi connectivity index (χ3v) is 5.47. The van der Waals surface area contributed by atoms with E-state index < -0.39 is 0 Å². The summed E-state index contributed by atoms with van der Waals surface area (Å²) in [6, 6.07) is 11.5. The highest BCUT2D eigenvalue weighted by atomic mass is 16.2. The minimum Gasteiger partial charge on any atom is -0.337 e. The predicted molar refractivity (Wildman–Crippen MR) is 94.6 cm³/mol. The van der Waals surface area contributed by atoms with Gasteiger partial charge in [0.1, 0.15) is 19.2 Å². The van der Waals surface area contributed by atoms with Gasteiger partial charge >= 0.3 is 0 Å². The van der Waals surface area contributed by atoms with Crippen molar-refractivity contribution in [2.45, 2.75) is 50.9 Å². The van der Waals surface area contributed by atoms with Crippen LogP contribution in [0.15, 0.2) is 43.0 Å². The van der Waals surface area contributed by atoms with E-state index >= 15 is 0 Å². The second-order valence-corrected chi connectivity index (χ2v) is 7.06. The second kappa shape index (κ2) is 7.35. The average molecular weight is 339 g/mol. The zero-order valence-electron chi connectivity index (χ0n) is 14.5. The molecule has 2 fully saturated rings.